The van der Waals surface area contributed by atoms with Gasteiger partial charge in [-0.05, 0) is 35.0 Å². The average molecular weight is 256 g/mol. The van der Waals surface area contributed by atoms with Gasteiger partial charge in [0.15, 0.2) is 0 Å². The van der Waals surface area contributed by atoms with Crippen LogP contribution in [-0.4, -0.2) is 31.2 Å². The number of aromatic nitrogens is 1. The first kappa shape index (κ1) is 9.93. The van der Waals surface area contributed by atoms with Crippen molar-refractivity contribution >= 4 is 21.6 Å². The van der Waals surface area contributed by atoms with Crippen molar-refractivity contribution in [2.45, 2.75) is 12.5 Å². The van der Waals surface area contributed by atoms with E-state index in [4.69, 9.17) is 0 Å². The fourth-order valence-corrected chi connectivity index (χ4v) is 2.13. The molecular weight excluding hydrogens is 242 g/mol. The number of nitrogens with one attached hydrogen (secondary N) is 1. The third-order valence-corrected chi connectivity index (χ3v) is 3.11. The van der Waals surface area contributed by atoms with E-state index in [1.807, 2.05) is 12.4 Å². The van der Waals surface area contributed by atoms with Crippen LogP contribution in [0.4, 0.5) is 5.69 Å². The number of hydrogen-bond donors (Lipinski definition) is 1. The lowest BCUT2D eigenvalue weighted by Crippen LogP contribution is -2.33. The molecule has 0 spiro atoms. The van der Waals surface area contributed by atoms with Crippen LogP contribution in [0, 0.1) is 0 Å². The topological polar surface area (TPSA) is 28.2 Å². The van der Waals surface area contributed by atoms with E-state index in [0.29, 0.717) is 6.04 Å². The highest BCUT2D eigenvalue weighted by atomic mass is 79.9. The van der Waals surface area contributed by atoms with E-state index in [0.717, 1.165) is 17.6 Å². The molecule has 0 aromatic carbocycles. The molecule has 14 heavy (non-hydrogen) atoms. The lowest BCUT2D eigenvalue weighted by Gasteiger charge is -2.25. The molecule has 3 nitrogen and oxygen atoms in total. The van der Waals surface area contributed by atoms with Crippen molar-refractivity contribution in [2.75, 3.05) is 25.0 Å². The Bertz CT molecular complexity index is 310. The summed E-state index contributed by atoms with van der Waals surface area (Å²) >= 11 is 3.43. The summed E-state index contributed by atoms with van der Waals surface area (Å²) in [6, 6.07) is 2.71. The number of anilines is 1. The Morgan fingerprint density at radius 1 is 1.57 bits per heavy atom. The summed E-state index contributed by atoms with van der Waals surface area (Å²) in [5.41, 5.74) is 1.17. The second kappa shape index (κ2) is 4.28. The van der Waals surface area contributed by atoms with E-state index in [-0.39, 0.29) is 0 Å². The zero-order valence-corrected chi connectivity index (χ0v) is 9.79. The van der Waals surface area contributed by atoms with Crippen LogP contribution in [-0.2, 0) is 0 Å². The van der Waals surface area contributed by atoms with Crippen molar-refractivity contribution in [2.24, 2.45) is 0 Å². The van der Waals surface area contributed by atoms with E-state index >= 15 is 0 Å². The zero-order chi connectivity index (χ0) is 9.97. The first-order valence-electron chi connectivity index (χ1n) is 4.81. The predicted molar refractivity (Wildman–Crippen MR) is 61.6 cm³/mol. The number of likely N-dealkylation sites (N-methyl/N-ethyl adjacent to an activating group) is 1. The minimum atomic E-state index is 0.603. The Kier molecular flexibility index (Phi) is 3.03. The Labute approximate surface area is 92.6 Å². The first-order chi connectivity index (χ1) is 6.77. The van der Waals surface area contributed by atoms with Gasteiger partial charge in [0, 0.05) is 30.3 Å². The third-order valence-electron chi connectivity index (χ3n) is 2.68. The lowest BCUT2D eigenvalue weighted by atomic mass is 10.2. The minimum absolute atomic E-state index is 0.603. The second-order valence-electron chi connectivity index (χ2n) is 3.62. The average Bonchev–Trinajstić information content (AvgIpc) is 2.69. The highest BCUT2D eigenvalue weighted by Gasteiger charge is 2.19. The minimum Gasteiger partial charge on any atom is -0.369 e. The molecule has 1 N–H and O–H groups in total. The molecule has 1 aliphatic heterocycles. The smallest absolute Gasteiger partial charge is 0.0564 e. The highest BCUT2D eigenvalue weighted by Crippen LogP contribution is 2.20. The van der Waals surface area contributed by atoms with Crippen LogP contribution >= 0.6 is 15.9 Å². The summed E-state index contributed by atoms with van der Waals surface area (Å²) in [5.74, 6) is 0. The molecule has 1 unspecified atom stereocenters. The van der Waals surface area contributed by atoms with Crippen LogP contribution in [0.25, 0.3) is 0 Å². The van der Waals surface area contributed by atoms with Crippen molar-refractivity contribution in [1.82, 2.24) is 10.3 Å². The zero-order valence-electron chi connectivity index (χ0n) is 8.20. The predicted octanol–water partition coefficient (Wildman–Crippen LogP) is 1.64. The molecule has 2 rings (SSSR count). The number of pyridine rings is 1. The molecular formula is C10H14BrN3. The van der Waals surface area contributed by atoms with Gasteiger partial charge in [0.05, 0.1) is 11.9 Å². The molecule has 1 saturated heterocycles. The lowest BCUT2D eigenvalue weighted by molar-refractivity contribution is 0.684. The fraction of sp³-hybridized carbons (Fsp3) is 0.500. The van der Waals surface area contributed by atoms with E-state index < -0.39 is 0 Å². The Morgan fingerprint density at radius 2 is 2.43 bits per heavy atom. The molecule has 1 aromatic rings. The van der Waals surface area contributed by atoms with Crippen LogP contribution in [0.3, 0.4) is 0 Å². The van der Waals surface area contributed by atoms with Gasteiger partial charge in [-0.15, -0.1) is 0 Å². The molecule has 1 aromatic heterocycles. The van der Waals surface area contributed by atoms with Gasteiger partial charge in [0.25, 0.3) is 0 Å². The van der Waals surface area contributed by atoms with Gasteiger partial charge in [-0.2, -0.15) is 0 Å². The molecule has 0 amide bonds. The standard InChI is InChI=1S/C10H14BrN3/c1-14(9-2-3-12-6-9)10-4-8(11)5-13-7-10/h4-5,7,9,12H,2-3,6H2,1H3. The number of hydrogen-bond acceptors (Lipinski definition) is 3. The summed E-state index contributed by atoms with van der Waals surface area (Å²) in [4.78, 5) is 6.46. The molecule has 4 heteroatoms. The Hall–Kier alpha value is -0.610. The van der Waals surface area contributed by atoms with Crippen LogP contribution in [0.5, 0.6) is 0 Å². The molecule has 0 radical (unpaired) electrons. The van der Waals surface area contributed by atoms with Crippen LogP contribution in [0.15, 0.2) is 22.9 Å². The molecule has 2 heterocycles. The Morgan fingerprint density at radius 3 is 3.07 bits per heavy atom. The van der Waals surface area contributed by atoms with Gasteiger partial charge in [-0.1, -0.05) is 0 Å². The molecule has 76 valence electrons. The second-order valence-corrected chi connectivity index (χ2v) is 4.53. The Balaban J connectivity index is 2.13. The fourth-order valence-electron chi connectivity index (χ4n) is 1.77. The maximum atomic E-state index is 4.17. The van der Waals surface area contributed by atoms with Gasteiger partial charge < -0.3 is 10.2 Å². The van der Waals surface area contributed by atoms with Gasteiger partial charge >= 0.3 is 0 Å². The SMILES string of the molecule is CN(c1cncc(Br)c1)C1CCNC1. The van der Waals surface area contributed by atoms with Crippen molar-refractivity contribution in [3.8, 4) is 0 Å². The van der Waals surface area contributed by atoms with Gasteiger partial charge in [0.1, 0.15) is 0 Å². The molecule has 0 saturated carbocycles. The third kappa shape index (κ3) is 2.07. The summed E-state index contributed by atoms with van der Waals surface area (Å²) < 4.78 is 1.04. The molecule has 1 atom stereocenters. The largest absolute Gasteiger partial charge is 0.369 e. The van der Waals surface area contributed by atoms with Crippen molar-refractivity contribution in [3.05, 3.63) is 22.9 Å². The molecule has 0 aliphatic carbocycles. The quantitative estimate of drug-likeness (QED) is 0.871. The van der Waals surface area contributed by atoms with Crippen molar-refractivity contribution < 1.29 is 0 Å². The van der Waals surface area contributed by atoms with E-state index in [1.54, 1.807) is 0 Å². The summed E-state index contributed by atoms with van der Waals surface area (Å²) in [6.07, 6.45) is 4.93. The van der Waals surface area contributed by atoms with Gasteiger partial charge in [-0.3, -0.25) is 4.98 Å². The van der Waals surface area contributed by atoms with Crippen molar-refractivity contribution in [1.29, 1.82) is 0 Å². The van der Waals surface area contributed by atoms with Crippen LogP contribution < -0.4 is 10.2 Å². The van der Waals surface area contributed by atoms with Gasteiger partial charge in [-0.25, -0.2) is 0 Å². The summed E-state index contributed by atoms with van der Waals surface area (Å²) in [7, 11) is 2.13. The van der Waals surface area contributed by atoms with Crippen LogP contribution in [0.1, 0.15) is 6.42 Å². The van der Waals surface area contributed by atoms with E-state index in [1.165, 1.54) is 12.1 Å². The number of halogens is 1. The maximum Gasteiger partial charge on any atom is 0.0564 e. The summed E-state index contributed by atoms with van der Waals surface area (Å²) in [5, 5.41) is 3.36. The van der Waals surface area contributed by atoms with Gasteiger partial charge in [0.2, 0.25) is 0 Å². The highest BCUT2D eigenvalue weighted by molar-refractivity contribution is 9.10. The summed E-state index contributed by atoms with van der Waals surface area (Å²) in [6.45, 7) is 2.19. The van der Waals surface area contributed by atoms with Crippen molar-refractivity contribution in [3.63, 3.8) is 0 Å². The molecule has 0 bridgehead atoms. The van der Waals surface area contributed by atoms with Crippen LogP contribution in [0.2, 0.25) is 0 Å². The number of rotatable bonds is 2. The molecule has 1 aliphatic rings. The maximum absolute atomic E-state index is 4.17. The monoisotopic (exact) mass is 255 g/mol. The molecule has 1 fully saturated rings. The number of nitrogens with zero attached hydrogens (tertiary/aromatic N) is 2. The normalized spacial score (nSPS) is 21.1. The first-order valence-corrected chi connectivity index (χ1v) is 5.61. The van der Waals surface area contributed by atoms with E-state index in [9.17, 15) is 0 Å². The van der Waals surface area contributed by atoms with E-state index in [2.05, 4.69) is 44.2 Å².